The highest BCUT2D eigenvalue weighted by Gasteiger charge is 2.38. The van der Waals surface area contributed by atoms with Gasteiger partial charge in [0.05, 0.1) is 11.7 Å². The van der Waals surface area contributed by atoms with Crippen LogP contribution in [0.15, 0.2) is 17.0 Å². The van der Waals surface area contributed by atoms with Crippen LogP contribution in [0.1, 0.15) is 15.9 Å². The van der Waals surface area contributed by atoms with Crippen molar-refractivity contribution in [3.8, 4) is 5.75 Å². The monoisotopic (exact) mass is 382 g/mol. The lowest BCUT2D eigenvalue weighted by atomic mass is 9.72. The predicted molar refractivity (Wildman–Crippen MR) is 98.5 cm³/mol. The number of thioether (sulfide) groups is 2. The van der Waals surface area contributed by atoms with Crippen LogP contribution in [0.5, 0.6) is 5.75 Å². The molecule has 25 heavy (non-hydrogen) atoms. The number of hydrogen-bond donors (Lipinski definition) is 4. The molecule has 1 aromatic rings. The third-order valence-electron chi connectivity index (χ3n) is 4.10. The van der Waals surface area contributed by atoms with Crippen molar-refractivity contribution in [3.63, 3.8) is 0 Å². The average Bonchev–Trinajstić information content (AvgIpc) is 2.51. The van der Waals surface area contributed by atoms with E-state index in [9.17, 15) is 19.7 Å². The molecule has 1 saturated heterocycles. The summed E-state index contributed by atoms with van der Waals surface area (Å²) in [5, 5.41) is 26.1. The number of hydrogen-bond acceptors (Lipinski definition) is 7. The predicted octanol–water partition coefficient (Wildman–Crippen LogP) is 0.251. The number of carbonyl (C=O) groups excluding carboxylic acids is 1. The standard InChI is InChI=1S/C15H19BN2O5S2/c1-24-7-12(19)18-11-4-8-2-3-10(25-9-5-17-6-9)13(15(20)21)14(8)23-16(11)22/h2-3,9,11,17,22H,4-7H2,1H3,(H,18,19)(H,20,21)/t11-/m0/s1. The molecule has 1 aromatic carbocycles. The van der Waals surface area contributed by atoms with E-state index in [0.29, 0.717) is 27.9 Å². The van der Waals surface area contributed by atoms with Crippen LogP contribution >= 0.6 is 23.5 Å². The van der Waals surface area contributed by atoms with Gasteiger partial charge in [-0.05, 0) is 24.3 Å². The smallest absolute Gasteiger partial charge is 0.534 e. The number of amides is 1. The second-order valence-electron chi connectivity index (χ2n) is 5.95. The first-order chi connectivity index (χ1) is 12.0. The van der Waals surface area contributed by atoms with Crippen LogP contribution < -0.4 is 15.3 Å². The summed E-state index contributed by atoms with van der Waals surface area (Å²) in [5.41, 5.74) is 0.760. The van der Waals surface area contributed by atoms with E-state index in [1.54, 1.807) is 6.07 Å². The molecule has 1 atom stereocenters. The first kappa shape index (κ1) is 18.4. The Labute approximate surface area is 154 Å². The molecule has 0 bridgehead atoms. The van der Waals surface area contributed by atoms with Crippen molar-refractivity contribution in [1.29, 1.82) is 0 Å². The first-order valence-electron chi connectivity index (χ1n) is 7.89. The van der Waals surface area contributed by atoms with E-state index in [1.165, 1.54) is 23.5 Å². The number of aromatic carboxylic acids is 1. The summed E-state index contributed by atoms with van der Waals surface area (Å²) in [6.45, 7) is 1.68. The van der Waals surface area contributed by atoms with Gasteiger partial charge >= 0.3 is 13.1 Å². The van der Waals surface area contributed by atoms with Crippen LogP contribution in [0.4, 0.5) is 0 Å². The Kier molecular flexibility index (Phi) is 5.83. The summed E-state index contributed by atoms with van der Waals surface area (Å²) in [5.74, 6) is -1.37. The summed E-state index contributed by atoms with van der Waals surface area (Å²) in [7, 11) is -1.28. The highest BCUT2D eigenvalue weighted by Crippen LogP contribution is 2.38. The van der Waals surface area contributed by atoms with E-state index in [-0.39, 0.29) is 17.2 Å². The van der Waals surface area contributed by atoms with Gasteiger partial charge in [-0.3, -0.25) is 4.79 Å². The van der Waals surface area contributed by atoms with E-state index in [4.69, 9.17) is 4.65 Å². The van der Waals surface area contributed by atoms with Crippen LogP contribution in [0.3, 0.4) is 0 Å². The van der Waals surface area contributed by atoms with Gasteiger partial charge in [0.25, 0.3) is 0 Å². The number of carbonyl (C=O) groups is 2. The lowest BCUT2D eigenvalue weighted by molar-refractivity contribution is -0.118. The molecule has 3 rings (SSSR count). The maximum Gasteiger partial charge on any atom is 0.547 e. The zero-order valence-electron chi connectivity index (χ0n) is 13.7. The van der Waals surface area contributed by atoms with Crippen molar-refractivity contribution in [2.45, 2.75) is 22.5 Å². The van der Waals surface area contributed by atoms with Crippen LogP contribution in [0.2, 0.25) is 0 Å². The Balaban J connectivity index is 1.84. The van der Waals surface area contributed by atoms with E-state index < -0.39 is 19.0 Å². The highest BCUT2D eigenvalue weighted by molar-refractivity contribution is 8.00. The normalized spacial score (nSPS) is 19.6. The van der Waals surface area contributed by atoms with Gasteiger partial charge in [-0.1, -0.05) is 6.07 Å². The molecule has 134 valence electrons. The molecular formula is C15H19BN2O5S2. The maximum absolute atomic E-state index is 11.8. The third kappa shape index (κ3) is 4.08. The first-order valence-corrected chi connectivity index (χ1v) is 10.2. The molecule has 1 amide bonds. The minimum absolute atomic E-state index is 0.0855. The van der Waals surface area contributed by atoms with Crippen LogP contribution in [-0.4, -0.2) is 65.4 Å². The molecule has 2 aliphatic rings. The molecular weight excluding hydrogens is 363 g/mol. The summed E-state index contributed by atoms with van der Waals surface area (Å²) < 4.78 is 5.51. The minimum Gasteiger partial charge on any atom is -0.534 e. The maximum atomic E-state index is 11.8. The molecule has 2 aliphatic heterocycles. The molecule has 2 heterocycles. The molecule has 0 saturated carbocycles. The van der Waals surface area contributed by atoms with E-state index in [2.05, 4.69) is 10.6 Å². The molecule has 0 spiro atoms. The van der Waals surface area contributed by atoms with Gasteiger partial charge in [0.2, 0.25) is 5.91 Å². The largest absolute Gasteiger partial charge is 0.547 e. The summed E-state index contributed by atoms with van der Waals surface area (Å²) in [4.78, 5) is 24.2. The lowest BCUT2D eigenvalue weighted by Gasteiger charge is -2.31. The number of carboxylic acid groups (broad SMARTS) is 1. The summed E-state index contributed by atoms with van der Waals surface area (Å²) >= 11 is 2.89. The number of nitrogens with one attached hydrogen (secondary N) is 2. The van der Waals surface area contributed by atoms with Crippen LogP contribution in [0.25, 0.3) is 0 Å². The van der Waals surface area contributed by atoms with Gasteiger partial charge in [-0.2, -0.15) is 11.8 Å². The number of benzene rings is 1. The zero-order chi connectivity index (χ0) is 18.0. The summed E-state index contributed by atoms with van der Waals surface area (Å²) in [6, 6.07) is 3.60. The number of rotatable bonds is 6. The van der Waals surface area contributed by atoms with Gasteiger partial charge in [-0.15, -0.1) is 11.8 Å². The van der Waals surface area contributed by atoms with E-state index >= 15 is 0 Å². The molecule has 4 N–H and O–H groups in total. The van der Waals surface area contributed by atoms with Crippen molar-refractivity contribution in [1.82, 2.24) is 10.6 Å². The zero-order valence-corrected chi connectivity index (χ0v) is 15.3. The van der Waals surface area contributed by atoms with Crippen LogP contribution in [-0.2, 0) is 11.2 Å². The van der Waals surface area contributed by atoms with Gasteiger partial charge in [0, 0.05) is 23.2 Å². The van der Waals surface area contributed by atoms with Crippen molar-refractivity contribution >= 4 is 42.5 Å². The molecule has 0 radical (unpaired) electrons. The van der Waals surface area contributed by atoms with Crippen molar-refractivity contribution in [2.24, 2.45) is 0 Å². The second kappa shape index (κ2) is 7.90. The van der Waals surface area contributed by atoms with Gasteiger partial charge < -0.3 is 25.4 Å². The number of carboxylic acids is 1. The molecule has 7 nitrogen and oxygen atoms in total. The quantitative estimate of drug-likeness (QED) is 0.519. The van der Waals surface area contributed by atoms with Gasteiger partial charge in [0.1, 0.15) is 11.3 Å². The minimum atomic E-state index is -1.28. The van der Waals surface area contributed by atoms with Crippen LogP contribution in [0, 0.1) is 0 Å². The average molecular weight is 382 g/mol. The summed E-state index contributed by atoms with van der Waals surface area (Å²) in [6.07, 6.45) is 2.14. The van der Waals surface area contributed by atoms with Crippen molar-refractivity contribution < 1.29 is 24.4 Å². The number of fused-ring (bicyclic) bond motifs is 1. The Hall–Kier alpha value is -1.36. The Morgan fingerprint density at radius 2 is 2.20 bits per heavy atom. The fourth-order valence-corrected chi connectivity index (χ4v) is 4.32. The second-order valence-corrected chi connectivity index (χ2v) is 8.16. The molecule has 0 aromatic heterocycles. The van der Waals surface area contributed by atoms with Crippen molar-refractivity contribution in [3.05, 3.63) is 23.3 Å². The molecule has 10 heteroatoms. The topological polar surface area (TPSA) is 108 Å². The fourth-order valence-electron chi connectivity index (χ4n) is 2.77. The van der Waals surface area contributed by atoms with E-state index in [1.807, 2.05) is 12.3 Å². The molecule has 1 fully saturated rings. The molecule has 0 unspecified atom stereocenters. The van der Waals surface area contributed by atoms with Gasteiger partial charge in [-0.25, -0.2) is 4.79 Å². The van der Waals surface area contributed by atoms with Crippen molar-refractivity contribution in [2.75, 3.05) is 25.1 Å². The highest BCUT2D eigenvalue weighted by atomic mass is 32.2. The van der Waals surface area contributed by atoms with Gasteiger partial charge in [0.15, 0.2) is 0 Å². The SMILES string of the molecule is CSCC(=O)N[C@H]1Cc2ccc(SC3CNC3)c(C(=O)O)c2OB1O. The van der Waals surface area contributed by atoms with E-state index in [0.717, 1.165) is 13.1 Å². The molecule has 0 aliphatic carbocycles. The Morgan fingerprint density at radius 3 is 2.80 bits per heavy atom. The third-order valence-corrected chi connectivity index (χ3v) is 5.91. The Bertz CT molecular complexity index is 686. The fraction of sp³-hybridized carbons (Fsp3) is 0.467. The lowest BCUT2D eigenvalue weighted by Crippen LogP contribution is -2.53. The Morgan fingerprint density at radius 1 is 1.44 bits per heavy atom.